The number of hydrogen-bond donors (Lipinski definition) is 1. The summed E-state index contributed by atoms with van der Waals surface area (Å²) in [7, 11) is 0. The Bertz CT molecular complexity index is 951. The zero-order valence-electron chi connectivity index (χ0n) is 15.8. The van der Waals surface area contributed by atoms with Crippen LogP contribution in [0.5, 0.6) is 5.75 Å². The van der Waals surface area contributed by atoms with Gasteiger partial charge in [0.25, 0.3) is 5.91 Å². The maximum atomic E-state index is 12.3. The third-order valence-electron chi connectivity index (χ3n) is 4.35. The molecule has 0 spiro atoms. The third-order valence-corrected chi connectivity index (χ3v) is 4.35. The van der Waals surface area contributed by atoms with Crippen molar-refractivity contribution < 1.29 is 13.9 Å². The summed E-state index contributed by atoms with van der Waals surface area (Å²) in [5.41, 5.74) is 1.77. The molecule has 28 heavy (non-hydrogen) atoms. The van der Waals surface area contributed by atoms with E-state index in [2.05, 4.69) is 17.4 Å². The van der Waals surface area contributed by atoms with Gasteiger partial charge >= 0.3 is 0 Å². The highest BCUT2D eigenvalue weighted by molar-refractivity contribution is 5.91. The Hall–Kier alpha value is -3.34. The van der Waals surface area contributed by atoms with Gasteiger partial charge in [-0.25, -0.2) is 0 Å². The molecule has 0 saturated carbocycles. The first-order valence-corrected chi connectivity index (χ1v) is 9.26. The number of benzene rings is 2. The summed E-state index contributed by atoms with van der Waals surface area (Å²) in [6.07, 6.45) is 2.84. The van der Waals surface area contributed by atoms with Crippen molar-refractivity contribution in [1.29, 1.82) is 0 Å². The predicted octanol–water partition coefficient (Wildman–Crippen LogP) is 3.97. The van der Waals surface area contributed by atoms with Gasteiger partial charge in [0, 0.05) is 12.1 Å². The summed E-state index contributed by atoms with van der Waals surface area (Å²) in [4.78, 5) is 24.5. The van der Waals surface area contributed by atoms with Gasteiger partial charge in [-0.05, 0) is 30.9 Å². The molecular weight excluding hydrogens is 354 g/mol. The van der Waals surface area contributed by atoms with Gasteiger partial charge in [0.05, 0.1) is 0 Å². The maximum Gasteiger partial charge on any atom is 0.287 e. The van der Waals surface area contributed by atoms with Crippen molar-refractivity contribution in [2.75, 3.05) is 0 Å². The number of rotatable bonds is 8. The molecule has 2 aromatic carbocycles. The quantitative estimate of drug-likeness (QED) is 0.645. The van der Waals surface area contributed by atoms with Crippen LogP contribution in [0.3, 0.4) is 0 Å². The molecule has 1 aromatic heterocycles. The first-order valence-electron chi connectivity index (χ1n) is 9.26. The van der Waals surface area contributed by atoms with E-state index in [1.165, 1.54) is 17.9 Å². The van der Waals surface area contributed by atoms with Crippen molar-refractivity contribution in [3.8, 4) is 5.75 Å². The minimum atomic E-state index is -0.410. The molecule has 5 heteroatoms. The molecule has 0 saturated heterocycles. The number of amides is 1. The van der Waals surface area contributed by atoms with Crippen molar-refractivity contribution >= 4 is 5.91 Å². The predicted molar refractivity (Wildman–Crippen MR) is 107 cm³/mol. The molecule has 144 valence electrons. The molecule has 0 radical (unpaired) electrons. The average molecular weight is 377 g/mol. The van der Waals surface area contributed by atoms with E-state index in [4.69, 9.17) is 9.15 Å². The fraction of sp³-hybridized carbons (Fsp3) is 0.217. The molecule has 0 unspecified atom stereocenters. The molecule has 1 amide bonds. The Balaban J connectivity index is 1.53. The Morgan fingerprint density at radius 2 is 1.68 bits per heavy atom. The van der Waals surface area contributed by atoms with Gasteiger partial charge in [0.15, 0.2) is 5.76 Å². The van der Waals surface area contributed by atoms with Crippen molar-refractivity contribution in [1.82, 2.24) is 5.32 Å². The van der Waals surface area contributed by atoms with Crippen LogP contribution in [-0.2, 0) is 13.0 Å². The number of aryl methyl sites for hydroxylation is 1. The second-order valence-electron chi connectivity index (χ2n) is 6.65. The first-order chi connectivity index (χ1) is 13.6. The molecule has 1 N–H and O–H groups in total. The van der Waals surface area contributed by atoms with Gasteiger partial charge < -0.3 is 14.5 Å². The minimum absolute atomic E-state index is 0.0244. The molecule has 5 nitrogen and oxygen atoms in total. The summed E-state index contributed by atoms with van der Waals surface area (Å²) >= 11 is 0. The van der Waals surface area contributed by atoms with Crippen molar-refractivity contribution in [3.05, 3.63) is 100 Å². The lowest BCUT2D eigenvalue weighted by molar-refractivity contribution is 0.0907. The van der Waals surface area contributed by atoms with Crippen molar-refractivity contribution in [2.24, 2.45) is 0 Å². The zero-order chi connectivity index (χ0) is 19.8. The second kappa shape index (κ2) is 9.55. The fourth-order valence-electron chi connectivity index (χ4n) is 2.75. The van der Waals surface area contributed by atoms with Gasteiger partial charge in [-0.15, -0.1) is 0 Å². The molecule has 1 atom stereocenters. The Kier molecular flexibility index (Phi) is 6.63. The molecule has 3 rings (SSSR count). The smallest absolute Gasteiger partial charge is 0.287 e. The van der Waals surface area contributed by atoms with Crippen LogP contribution >= 0.6 is 0 Å². The minimum Gasteiger partial charge on any atom is -0.482 e. The van der Waals surface area contributed by atoms with Crippen LogP contribution in [0.2, 0.25) is 0 Å². The van der Waals surface area contributed by atoms with Gasteiger partial charge in [0.1, 0.15) is 12.9 Å². The van der Waals surface area contributed by atoms with Crippen LogP contribution in [0.1, 0.15) is 35.0 Å². The third kappa shape index (κ3) is 5.58. The maximum absolute atomic E-state index is 12.3. The highest BCUT2D eigenvalue weighted by Gasteiger charge is 2.14. The molecule has 1 heterocycles. The van der Waals surface area contributed by atoms with E-state index < -0.39 is 5.91 Å². The summed E-state index contributed by atoms with van der Waals surface area (Å²) < 4.78 is 10.8. The van der Waals surface area contributed by atoms with Crippen LogP contribution in [0.4, 0.5) is 0 Å². The monoisotopic (exact) mass is 377 g/mol. The van der Waals surface area contributed by atoms with Gasteiger partial charge in [0.2, 0.25) is 11.2 Å². The Labute approximate surface area is 164 Å². The molecular formula is C23H23NO4. The lowest BCUT2D eigenvalue weighted by Gasteiger charge is -2.13. The summed E-state index contributed by atoms with van der Waals surface area (Å²) in [5.74, 6) is -0.353. The van der Waals surface area contributed by atoms with Gasteiger partial charge in [-0.2, -0.15) is 0 Å². The van der Waals surface area contributed by atoms with Gasteiger partial charge in [-0.1, -0.05) is 60.7 Å². The van der Waals surface area contributed by atoms with Gasteiger partial charge in [-0.3, -0.25) is 9.59 Å². The summed E-state index contributed by atoms with van der Waals surface area (Å²) in [6, 6.07) is 20.7. The largest absolute Gasteiger partial charge is 0.482 e. The highest BCUT2D eigenvalue weighted by Crippen LogP contribution is 2.10. The van der Waals surface area contributed by atoms with Crippen molar-refractivity contribution in [3.63, 3.8) is 0 Å². The number of carbonyl (C=O) groups is 1. The molecule has 0 aliphatic carbocycles. The van der Waals surface area contributed by atoms with E-state index in [1.807, 2.05) is 55.5 Å². The number of nitrogens with one attached hydrogen (secondary N) is 1. The van der Waals surface area contributed by atoms with Crippen LogP contribution < -0.4 is 15.5 Å². The molecule has 0 aliphatic rings. The lowest BCUT2D eigenvalue weighted by Crippen LogP contribution is -2.33. The van der Waals surface area contributed by atoms with Crippen LogP contribution in [-0.4, -0.2) is 11.9 Å². The van der Waals surface area contributed by atoms with E-state index in [0.717, 1.165) is 18.4 Å². The zero-order valence-corrected chi connectivity index (χ0v) is 15.8. The SMILES string of the molecule is C[C@@H](CCc1ccccc1)NC(=O)c1cc(=O)c(OCc2ccccc2)co1. The normalized spacial score (nSPS) is 11.6. The Morgan fingerprint density at radius 3 is 2.32 bits per heavy atom. The fourth-order valence-corrected chi connectivity index (χ4v) is 2.75. The van der Waals surface area contributed by atoms with E-state index in [0.29, 0.717) is 0 Å². The second-order valence-corrected chi connectivity index (χ2v) is 6.65. The number of carbonyl (C=O) groups excluding carboxylic acids is 1. The summed E-state index contributed by atoms with van der Waals surface area (Å²) in [5, 5.41) is 2.86. The molecule has 0 fully saturated rings. The van der Waals surface area contributed by atoms with E-state index in [-0.39, 0.29) is 29.6 Å². The molecule has 0 aliphatic heterocycles. The Morgan fingerprint density at radius 1 is 1.04 bits per heavy atom. The highest BCUT2D eigenvalue weighted by atomic mass is 16.5. The van der Waals surface area contributed by atoms with Crippen molar-refractivity contribution in [2.45, 2.75) is 32.4 Å². The topological polar surface area (TPSA) is 68.5 Å². The first kappa shape index (κ1) is 19.4. The summed E-state index contributed by atoms with van der Waals surface area (Å²) in [6.45, 7) is 2.18. The number of ether oxygens (including phenoxy) is 1. The van der Waals surface area contributed by atoms with E-state index >= 15 is 0 Å². The lowest BCUT2D eigenvalue weighted by atomic mass is 10.1. The molecule has 0 bridgehead atoms. The van der Waals surface area contributed by atoms with E-state index in [1.54, 1.807) is 0 Å². The number of hydrogen-bond acceptors (Lipinski definition) is 4. The van der Waals surface area contributed by atoms with Crippen LogP contribution in [0.25, 0.3) is 0 Å². The van der Waals surface area contributed by atoms with Crippen LogP contribution in [0.15, 0.2) is 82.2 Å². The van der Waals surface area contributed by atoms with E-state index in [9.17, 15) is 9.59 Å². The average Bonchev–Trinajstić information content (AvgIpc) is 2.73. The standard InChI is InChI=1S/C23H23NO4/c1-17(12-13-18-8-4-2-5-9-18)24-23(26)21-14-20(25)22(16-28-21)27-15-19-10-6-3-7-11-19/h2-11,14,16-17H,12-13,15H2,1H3,(H,24,26)/t17-/m0/s1. The van der Waals surface area contributed by atoms with Crippen LogP contribution in [0, 0.1) is 0 Å². The molecule has 3 aromatic rings.